The first-order chi connectivity index (χ1) is 7.29. The summed E-state index contributed by atoms with van der Waals surface area (Å²) in [6.45, 7) is 0. The molecule has 0 aliphatic rings. The Hall–Kier alpha value is -1.64. The Morgan fingerprint density at radius 2 is 1.73 bits per heavy atom. The minimum absolute atomic E-state index is 0.740. The van der Waals surface area contributed by atoms with E-state index in [1.54, 1.807) is 0 Å². The Bertz CT molecular complexity index is 437. The van der Waals surface area contributed by atoms with Gasteiger partial charge in [0.25, 0.3) is 0 Å². The fourth-order valence-electron chi connectivity index (χ4n) is 1.58. The largest absolute Gasteiger partial charge is 0.375 e. The van der Waals surface area contributed by atoms with Crippen LogP contribution in [0.3, 0.4) is 0 Å². The lowest BCUT2D eigenvalue weighted by Crippen LogP contribution is -2.09. The molecule has 0 aromatic heterocycles. The van der Waals surface area contributed by atoms with Crippen molar-refractivity contribution in [1.29, 1.82) is 0 Å². The Kier molecular flexibility index (Phi) is 2.81. The van der Waals surface area contributed by atoms with Gasteiger partial charge >= 0.3 is 0 Å². The zero-order valence-corrected chi connectivity index (χ0v) is 8.22. The van der Waals surface area contributed by atoms with Crippen LogP contribution in [0.4, 0.5) is 0 Å². The van der Waals surface area contributed by atoms with Gasteiger partial charge in [-0.3, -0.25) is 0 Å². The van der Waals surface area contributed by atoms with Crippen LogP contribution in [-0.2, 0) is 0 Å². The summed E-state index contributed by atoms with van der Waals surface area (Å²) in [7, 11) is 0. The van der Waals surface area contributed by atoms with Gasteiger partial charge in [-0.05, 0) is 17.2 Å². The molecule has 75 valence electrons. The maximum absolute atomic E-state index is 9.44. The van der Waals surface area contributed by atoms with E-state index < -0.39 is 6.23 Å². The summed E-state index contributed by atoms with van der Waals surface area (Å²) in [4.78, 5) is 0. The SMILES string of the molecule is NC(O)c1ccccc1-c1cc[c]cc1. The molecule has 0 spiro atoms. The molecule has 0 fully saturated rings. The van der Waals surface area contributed by atoms with E-state index in [-0.39, 0.29) is 0 Å². The predicted molar refractivity (Wildman–Crippen MR) is 59.9 cm³/mol. The lowest BCUT2D eigenvalue weighted by molar-refractivity contribution is 0.187. The van der Waals surface area contributed by atoms with Crippen LogP contribution < -0.4 is 5.73 Å². The number of nitrogens with two attached hydrogens (primary N) is 1. The second kappa shape index (κ2) is 4.26. The molecule has 2 heteroatoms. The van der Waals surface area contributed by atoms with Gasteiger partial charge in [-0.25, -0.2) is 0 Å². The second-order valence-corrected chi connectivity index (χ2v) is 3.32. The van der Waals surface area contributed by atoms with Crippen LogP contribution in [0, 0.1) is 6.07 Å². The Labute approximate surface area is 89.0 Å². The Balaban J connectivity index is 2.53. The van der Waals surface area contributed by atoms with Crippen molar-refractivity contribution in [3.05, 3.63) is 60.2 Å². The average Bonchev–Trinajstić information content (AvgIpc) is 2.30. The van der Waals surface area contributed by atoms with Gasteiger partial charge < -0.3 is 10.8 Å². The van der Waals surface area contributed by atoms with Crippen LogP contribution >= 0.6 is 0 Å². The first-order valence-corrected chi connectivity index (χ1v) is 4.78. The summed E-state index contributed by atoms with van der Waals surface area (Å²) in [6.07, 6.45) is -0.939. The summed E-state index contributed by atoms with van der Waals surface area (Å²) in [5.74, 6) is 0. The number of aliphatic hydroxyl groups is 1. The molecular weight excluding hydrogens is 186 g/mol. The van der Waals surface area contributed by atoms with E-state index in [1.165, 1.54) is 0 Å². The van der Waals surface area contributed by atoms with Gasteiger partial charge in [-0.1, -0.05) is 48.5 Å². The standard InChI is InChI=1S/C13H12NO/c14-13(15)12-9-5-4-8-11(12)10-6-2-1-3-7-10/h2-9,13,15H,14H2. The van der Waals surface area contributed by atoms with Gasteiger partial charge in [0.15, 0.2) is 0 Å². The molecule has 0 amide bonds. The smallest absolute Gasteiger partial charge is 0.129 e. The van der Waals surface area contributed by atoms with E-state index in [0.717, 1.165) is 16.7 Å². The van der Waals surface area contributed by atoms with E-state index in [4.69, 9.17) is 5.73 Å². The fraction of sp³-hybridized carbons (Fsp3) is 0.0769. The number of aliphatic hydroxyl groups excluding tert-OH is 1. The monoisotopic (exact) mass is 198 g/mol. The molecule has 0 aliphatic heterocycles. The van der Waals surface area contributed by atoms with Crippen LogP contribution in [0.1, 0.15) is 11.8 Å². The molecule has 1 atom stereocenters. The highest BCUT2D eigenvalue weighted by Crippen LogP contribution is 2.25. The molecule has 2 rings (SSSR count). The van der Waals surface area contributed by atoms with E-state index in [2.05, 4.69) is 6.07 Å². The van der Waals surface area contributed by atoms with Crippen LogP contribution in [0.25, 0.3) is 11.1 Å². The predicted octanol–water partition coefficient (Wildman–Crippen LogP) is 2.10. The van der Waals surface area contributed by atoms with Crippen molar-refractivity contribution >= 4 is 0 Å². The molecular formula is C13H12NO. The van der Waals surface area contributed by atoms with E-state index in [9.17, 15) is 5.11 Å². The third kappa shape index (κ3) is 2.06. The number of hydrogen-bond acceptors (Lipinski definition) is 2. The Morgan fingerprint density at radius 1 is 1.07 bits per heavy atom. The number of rotatable bonds is 2. The zero-order chi connectivity index (χ0) is 10.7. The summed E-state index contributed by atoms with van der Waals surface area (Å²) in [5.41, 5.74) is 8.23. The van der Waals surface area contributed by atoms with Crippen LogP contribution in [0.5, 0.6) is 0 Å². The third-order valence-electron chi connectivity index (χ3n) is 2.31. The van der Waals surface area contributed by atoms with Crippen molar-refractivity contribution in [1.82, 2.24) is 0 Å². The minimum Gasteiger partial charge on any atom is -0.375 e. The van der Waals surface area contributed by atoms with Crippen molar-refractivity contribution in [3.8, 4) is 11.1 Å². The lowest BCUT2D eigenvalue weighted by atomic mass is 9.99. The molecule has 0 bridgehead atoms. The van der Waals surface area contributed by atoms with Gasteiger partial charge in [0, 0.05) is 5.56 Å². The highest BCUT2D eigenvalue weighted by atomic mass is 16.3. The van der Waals surface area contributed by atoms with E-state index in [0.29, 0.717) is 0 Å². The highest BCUT2D eigenvalue weighted by Gasteiger charge is 2.08. The maximum atomic E-state index is 9.44. The minimum atomic E-state index is -0.939. The molecule has 0 aliphatic carbocycles. The first-order valence-electron chi connectivity index (χ1n) is 4.78. The van der Waals surface area contributed by atoms with Crippen molar-refractivity contribution in [2.75, 3.05) is 0 Å². The van der Waals surface area contributed by atoms with Gasteiger partial charge in [-0.15, -0.1) is 0 Å². The van der Waals surface area contributed by atoms with Crippen molar-refractivity contribution in [2.24, 2.45) is 5.73 Å². The zero-order valence-electron chi connectivity index (χ0n) is 8.22. The maximum Gasteiger partial charge on any atom is 0.129 e. The second-order valence-electron chi connectivity index (χ2n) is 3.32. The van der Waals surface area contributed by atoms with E-state index in [1.807, 2.05) is 48.5 Å². The molecule has 3 N–H and O–H groups in total. The summed E-state index contributed by atoms with van der Waals surface area (Å²) >= 11 is 0. The topological polar surface area (TPSA) is 46.2 Å². The quantitative estimate of drug-likeness (QED) is 0.726. The van der Waals surface area contributed by atoms with Crippen molar-refractivity contribution < 1.29 is 5.11 Å². The molecule has 0 saturated heterocycles. The van der Waals surface area contributed by atoms with Gasteiger partial charge in [0.1, 0.15) is 6.23 Å². The third-order valence-corrected chi connectivity index (χ3v) is 2.31. The normalized spacial score (nSPS) is 12.4. The first kappa shape index (κ1) is 9.90. The summed E-state index contributed by atoms with van der Waals surface area (Å²) < 4.78 is 0. The summed E-state index contributed by atoms with van der Waals surface area (Å²) in [5, 5.41) is 9.44. The van der Waals surface area contributed by atoms with E-state index >= 15 is 0 Å². The molecule has 2 aromatic rings. The molecule has 0 saturated carbocycles. The summed E-state index contributed by atoms with van der Waals surface area (Å²) in [6, 6.07) is 18.1. The van der Waals surface area contributed by atoms with Crippen LogP contribution in [0.2, 0.25) is 0 Å². The number of hydrogen-bond donors (Lipinski definition) is 2. The molecule has 15 heavy (non-hydrogen) atoms. The molecule has 1 unspecified atom stereocenters. The highest BCUT2D eigenvalue weighted by molar-refractivity contribution is 5.67. The van der Waals surface area contributed by atoms with Gasteiger partial charge in [0.05, 0.1) is 0 Å². The van der Waals surface area contributed by atoms with Gasteiger partial charge in [-0.2, -0.15) is 0 Å². The average molecular weight is 198 g/mol. The van der Waals surface area contributed by atoms with Crippen molar-refractivity contribution in [2.45, 2.75) is 6.23 Å². The van der Waals surface area contributed by atoms with Crippen LogP contribution in [-0.4, -0.2) is 5.11 Å². The van der Waals surface area contributed by atoms with Crippen molar-refractivity contribution in [3.63, 3.8) is 0 Å². The molecule has 1 radical (unpaired) electrons. The lowest BCUT2D eigenvalue weighted by Gasteiger charge is -2.11. The van der Waals surface area contributed by atoms with Gasteiger partial charge in [0.2, 0.25) is 0 Å². The fourth-order valence-corrected chi connectivity index (χ4v) is 1.58. The number of benzene rings is 2. The molecule has 2 nitrogen and oxygen atoms in total. The molecule has 0 heterocycles. The molecule has 2 aromatic carbocycles. The van der Waals surface area contributed by atoms with Crippen LogP contribution in [0.15, 0.2) is 48.5 Å². The Morgan fingerprint density at radius 3 is 2.40 bits per heavy atom.